The zero-order valence-corrected chi connectivity index (χ0v) is 30.8. The number of amides is 7. The zero-order chi connectivity index (χ0) is 39.1. The van der Waals surface area contributed by atoms with Crippen molar-refractivity contribution in [3.63, 3.8) is 0 Å². The van der Waals surface area contributed by atoms with Crippen LogP contribution in [0.1, 0.15) is 75.9 Å². The van der Waals surface area contributed by atoms with Gasteiger partial charge in [0.25, 0.3) is 5.91 Å². The predicted octanol–water partition coefficient (Wildman–Crippen LogP) is -1.57. The van der Waals surface area contributed by atoms with Gasteiger partial charge in [-0.15, -0.1) is 0 Å². The molecule has 2 aromatic rings. The Kier molecular flexibility index (Phi) is 13.0. The number of carbonyl (C=O) groups is 7. The standard InChI is InChI=1S/C36H50N10O8/c1-18(2)13-25-32(50)43-29(20(4)47)35(53)42-26(14-21-9-6-5-7-10-21)36(54)46-17-22(39-33(51)27-16-37-45-44-27)15-28(46)34(52)38-19(3)30(48)40-24-12-8-11-23(24)31(49)41-25/h5-7,9-10,16,18-20,22-26,28-29,47H,8,11-15,17H2,1-4H3,(H,38,52)(H,39,51)(H,40,48)(H,41,49)(H,42,53)(H,43,50)(H,37,44,45)/t19-,20+,22+,23+,24+,25-,26-,28?,29-/m0/s1. The van der Waals surface area contributed by atoms with Gasteiger partial charge in [-0.05, 0) is 51.0 Å². The van der Waals surface area contributed by atoms with E-state index in [0.717, 1.165) is 0 Å². The van der Waals surface area contributed by atoms with Crippen molar-refractivity contribution >= 4 is 41.4 Å². The number of benzene rings is 1. The lowest BCUT2D eigenvalue weighted by Crippen LogP contribution is -2.61. The van der Waals surface area contributed by atoms with E-state index in [9.17, 15) is 38.7 Å². The van der Waals surface area contributed by atoms with Crippen molar-refractivity contribution in [1.82, 2.24) is 52.2 Å². The maximum absolute atomic E-state index is 14.6. The fourth-order valence-electron chi connectivity index (χ4n) is 7.28. The third kappa shape index (κ3) is 9.77. The molecule has 9 atom stereocenters. The van der Waals surface area contributed by atoms with E-state index >= 15 is 0 Å². The molecule has 292 valence electrons. The monoisotopic (exact) mass is 750 g/mol. The fraction of sp³-hybridized carbons (Fsp3) is 0.583. The van der Waals surface area contributed by atoms with E-state index in [1.54, 1.807) is 30.3 Å². The minimum atomic E-state index is -1.52. The van der Waals surface area contributed by atoms with Crippen molar-refractivity contribution in [2.24, 2.45) is 11.8 Å². The van der Waals surface area contributed by atoms with E-state index in [2.05, 4.69) is 47.3 Å². The van der Waals surface area contributed by atoms with Gasteiger partial charge in [0.2, 0.25) is 35.4 Å². The molecule has 0 radical (unpaired) electrons. The van der Waals surface area contributed by atoms with Crippen molar-refractivity contribution in [1.29, 1.82) is 0 Å². The average Bonchev–Trinajstić information content (AvgIpc) is 3.91. The van der Waals surface area contributed by atoms with Crippen molar-refractivity contribution in [3.05, 3.63) is 47.8 Å². The second-order valence-corrected chi connectivity index (χ2v) is 14.8. The quantitative estimate of drug-likeness (QED) is 0.161. The molecule has 2 saturated heterocycles. The van der Waals surface area contributed by atoms with Crippen LogP contribution in [0.2, 0.25) is 0 Å². The van der Waals surface area contributed by atoms with Crippen LogP contribution in [0.15, 0.2) is 36.5 Å². The van der Waals surface area contributed by atoms with Gasteiger partial charge < -0.3 is 41.9 Å². The highest BCUT2D eigenvalue weighted by molar-refractivity contribution is 5.98. The molecule has 0 bridgehead atoms. The van der Waals surface area contributed by atoms with E-state index < -0.39 is 95.7 Å². The summed E-state index contributed by atoms with van der Waals surface area (Å²) in [6.45, 7) is 6.42. The molecule has 2 aliphatic heterocycles. The second-order valence-electron chi connectivity index (χ2n) is 14.8. The van der Waals surface area contributed by atoms with Crippen molar-refractivity contribution in [2.45, 2.75) is 115 Å². The van der Waals surface area contributed by atoms with Crippen LogP contribution < -0.4 is 31.9 Å². The molecular formula is C36H50N10O8. The van der Waals surface area contributed by atoms with Gasteiger partial charge in [-0.3, -0.25) is 33.6 Å². The SMILES string of the molecule is CC(C)C[C@@H]1NC(=O)[C@@H]2CCC[C@H]2NC(=O)[C@H](C)NC(=O)C2C[C@@H](NC(=O)c3cn[nH]n3)CN2C(=O)[C@H](Cc2ccccc2)NC(=O)[C@H]([C@@H](C)O)NC1=O. The lowest BCUT2D eigenvalue weighted by Gasteiger charge is -2.31. The summed E-state index contributed by atoms with van der Waals surface area (Å²) in [6.07, 6.45) is 1.56. The van der Waals surface area contributed by atoms with Crippen molar-refractivity contribution in [2.75, 3.05) is 6.54 Å². The maximum atomic E-state index is 14.6. The number of aliphatic hydroxyl groups excluding tert-OH is 1. The van der Waals surface area contributed by atoms with Crippen LogP contribution in [0.25, 0.3) is 0 Å². The molecule has 3 heterocycles. The van der Waals surface area contributed by atoms with Gasteiger partial charge in [0.05, 0.1) is 18.2 Å². The molecule has 7 amide bonds. The molecule has 3 fully saturated rings. The molecule has 5 rings (SSSR count). The highest BCUT2D eigenvalue weighted by Gasteiger charge is 2.45. The number of rotatable bonds is 7. The predicted molar refractivity (Wildman–Crippen MR) is 192 cm³/mol. The molecule has 1 saturated carbocycles. The molecule has 1 aromatic carbocycles. The first kappa shape index (κ1) is 39.8. The average molecular weight is 751 g/mol. The molecule has 54 heavy (non-hydrogen) atoms. The van der Waals surface area contributed by atoms with Gasteiger partial charge in [-0.2, -0.15) is 15.4 Å². The highest BCUT2D eigenvalue weighted by atomic mass is 16.3. The molecule has 18 nitrogen and oxygen atoms in total. The second kappa shape index (κ2) is 17.6. The number of H-pyrrole nitrogens is 1. The summed E-state index contributed by atoms with van der Waals surface area (Å²) in [4.78, 5) is 97.5. The van der Waals surface area contributed by atoms with Gasteiger partial charge in [-0.25, -0.2) is 0 Å². The van der Waals surface area contributed by atoms with Crippen LogP contribution in [0.4, 0.5) is 0 Å². The first-order valence-electron chi connectivity index (χ1n) is 18.4. The molecule has 18 heteroatoms. The Hall–Kier alpha value is -5.39. The van der Waals surface area contributed by atoms with Crippen molar-refractivity contribution in [3.8, 4) is 0 Å². The Bertz CT molecular complexity index is 1690. The molecular weight excluding hydrogens is 700 g/mol. The number of fused-ring (bicyclic) bond motifs is 2. The van der Waals surface area contributed by atoms with E-state index in [1.165, 1.54) is 24.9 Å². The number of hydrogen-bond donors (Lipinski definition) is 8. The highest BCUT2D eigenvalue weighted by Crippen LogP contribution is 2.27. The summed E-state index contributed by atoms with van der Waals surface area (Å²) in [6, 6.07) is 1.37. The number of nitrogens with zero attached hydrogens (tertiary/aromatic N) is 3. The van der Waals surface area contributed by atoms with Gasteiger partial charge in [0.1, 0.15) is 30.2 Å². The number of hydrogen-bond acceptors (Lipinski definition) is 10. The molecule has 1 aromatic heterocycles. The minimum absolute atomic E-state index is 0.00538. The molecule has 1 aliphatic carbocycles. The minimum Gasteiger partial charge on any atom is -0.391 e. The summed E-state index contributed by atoms with van der Waals surface area (Å²) >= 11 is 0. The summed E-state index contributed by atoms with van der Waals surface area (Å²) in [7, 11) is 0. The number of carbonyl (C=O) groups excluding carboxylic acids is 7. The summed E-state index contributed by atoms with van der Waals surface area (Å²) < 4.78 is 0. The summed E-state index contributed by atoms with van der Waals surface area (Å²) in [5.41, 5.74) is 0.660. The summed E-state index contributed by atoms with van der Waals surface area (Å²) in [5.74, 6) is -5.18. The Morgan fingerprint density at radius 1 is 0.889 bits per heavy atom. The van der Waals surface area contributed by atoms with Crippen LogP contribution in [-0.2, 0) is 35.2 Å². The molecule has 8 N–H and O–H groups in total. The van der Waals surface area contributed by atoms with Crippen LogP contribution in [0.3, 0.4) is 0 Å². The van der Waals surface area contributed by atoms with Gasteiger partial charge in [0, 0.05) is 25.0 Å². The Labute approximate surface area is 312 Å². The first-order valence-corrected chi connectivity index (χ1v) is 18.4. The van der Waals surface area contributed by atoms with Crippen LogP contribution in [0.5, 0.6) is 0 Å². The molecule has 3 aliphatic rings. The molecule has 1 unspecified atom stereocenters. The largest absolute Gasteiger partial charge is 0.391 e. The lowest BCUT2D eigenvalue weighted by atomic mass is 9.98. The van der Waals surface area contributed by atoms with Crippen LogP contribution >= 0.6 is 0 Å². The maximum Gasteiger partial charge on any atom is 0.273 e. The number of aliphatic hydroxyl groups is 1. The number of aromatic amines is 1. The Balaban J connectivity index is 1.51. The number of nitrogens with one attached hydrogen (secondary N) is 7. The van der Waals surface area contributed by atoms with Crippen molar-refractivity contribution < 1.29 is 38.7 Å². The van der Waals surface area contributed by atoms with E-state index in [1.807, 2.05) is 13.8 Å². The lowest BCUT2D eigenvalue weighted by molar-refractivity contribution is -0.143. The van der Waals surface area contributed by atoms with Crippen LogP contribution in [-0.4, -0.2) is 122 Å². The Morgan fingerprint density at radius 3 is 2.28 bits per heavy atom. The fourth-order valence-corrected chi connectivity index (χ4v) is 7.28. The zero-order valence-electron chi connectivity index (χ0n) is 30.8. The number of aromatic nitrogens is 3. The van der Waals surface area contributed by atoms with E-state index in [4.69, 9.17) is 0 Å². The third-order valence-corrected chi connectivity index (χ3v) is 10.1. The van der Waals surface area contributed by atoms with E-state index in [-0.39, 0.29) is 37.4 Å². The summed E-state index contributed by atoms with van der Waals surface area (Å²) in [5, 5.41) is 37.0. The van der Waals surface area contributed by atoms with E-state index in [0.29, 0.717) is 24.8 Å². The van der Waals surface area contributed by atoms with Gasteiger partial charge in [-0.1, -0.05) is 50.6 Å². The smallest absolute Gasteiger partial charge is 0.273 e. The third-order valence-electron chi connectivity index (χ3n) is 10.1. The van der Waals surface area contributed by atoms with Gasteiger partial charge >= 0.3 is 0 Å². The first-order chi connectivity index (χ1) is 25.7. The molecule has 0 spiro atoms. The normalized spacial score (nSPS) is 29.3. The van der Waals surface area contributed by atoms with Crippen LogP contribution in [0, 0.1) is 11.8 Å². The van der Waals surface area contributed by atoms with Gasteiger partial charge in [0.15, 0.2) is 5.69 Å². The Morgan fingerprint density at radius 2 is 1.61 bits per heavy atom. The topological polar surface area (TPSA) is 257 Å².